The van der Waals surface area contributed by atoms with E-state index < -0.39 is 6.10 Å². The van der Waals surface area contributed by atoms with Crippen LogP contribution in [0.4, 0.5) is 4.39 Å². The monoisotopic (exact) mass is 489 g/mol. The average Bonchev–Trinajstić information content (AvgIpc) is 3.59. The molecule has 0 radical (unpaired) electrons. The lowest BCUT2D eigenvalue weighted by molar-refractivity contribution is -0.141. The zero-order chi connectivity index (χ0) is 24.8. The number of aromatic nitrogens is 1. The third-order valence-corrected chi connectivity index (χ3v) is 6.87. The Morgan fingerprint density at radius 2 is 2.00 bits per heavy atom. The highest BCUT2D eigenvalue weighted by Crippen LogP contribution is 2.44. The van der Waals surface area contributed by atoms with E-state index in [1.54, 1.807) is 12.1 Å². The minimum atomic E-state index is -0.448. The molecule has 0 saturated carbocycles. The van der Waals surface area contributed by atoms with Crippen LogP contribution in [0.15, 0.2) is 53.1 Å². The quantitative estimate of drug-likeness (QED) is 0.300. The number of halogens is 1. The molecule has 2 aliphatic rings. The molecule has 2 atom stereocenters. The average molecular weight is 489 g/mol. The first-order chi connectivity index (χ1) is 17.5. The van der Waals surface area contributed by atoms with E-state index in [0.717, 1.165) is 22.2 Å². The lowest BCUT2D eigenvalue weighted by Crippen LogP contribution is -2.09. The van der Waals surface area contributed by atoms with E-state index in [-0.39, 0.29) is 24.1 Å². The molecule has 3 aromatic carbocycles. The fourth-order valence-corrected chi connectivity index (χ4v) is 5.03. The number of benzene rings is 3. The van der Waals surface area contributed by atoms with Gasteiger partial charge < -0.3 is 23.5 Å². The molecule has 0 fully saturated rings. The van der Waals surface area contributed by atoms with Gasteiger partial charge in [-0.25, -0.2) is 4.39 Å². The molecule has 184 valence electrons. The van der Waals surface area contributed by atoms with Crippen LogP contribution < -0.4 is 14.2 Å². The molecule has 1 aliphatic carbocycles. The largest absolute Gasteiger partial charge is 0.492 e. The van der Waals surface area contributed by atoms with E-state index in [1.165, 1.54) is 13.2 Å². The van der Waals surface area contributed by atoms with Crippen LogP contribution in [0.2, 0.25) is 0 Å². The fourth-order valence-electron chi connectivity index (χ4n) is 5.03. The van der Waals surface area contributed by atoms with Gasteiger partial charge in [-0.3, -0.25) is 4.79 Å². The van der Waals surface area contributed by atoms with Crippen LogP contribution in [0, 0.1) is 12.7 Å². The molecule has 2 heterocycles. The number of rotatable bonds is 6. The van der Waals surface area contributed by atoms with E-state index in [1.807, 2.05) is 37.3 Å². The van der Waals surface area contributed by atoms with Gasteiger partial charge in [0.05, 0.1) is 25.8 Å². The van der Waals surface area contributed by atoms with Gasteiger partial charge in [-0.05, 0) is 56.2 Å². The maximum Gasteiger partial charge on any atom is 0.306 e. The van der Waals surface area contributed by atoms with Crippen molar-refractivity contribution in [3.63, 3.8) is 0 Å². The summed E-state index contributed by atoms with van der Waals surface area (Å²) < 4.78 is 43.2. The molecule has 0 saturated heterocycles. The number of hydrogen-bond donors (Lipinski definition) is 0. The van der Waals surface area contributed by atoms with Gasteiger partial charge in [-0.15, -0.1) is 0 Å². The summed E-state index contributed by atoms with van der Waals surface area (Å²) in [6.07, 6.45) is 1.07. The number of hydrogen-bond acceptors (Lipinski definition) is 7. The Morgan fingerprint density at radius 3 is 2.86 bits per heavy atom. The molecule has 1 aliphatic heterocycles. The van der Waals surface area contributed by atoms with Crippen molar-refractivity contribution in [3.05, 3.63) is 76.7 Å². The highest BCUT2D eigenvalue weighted by Gasteiger charge is 2.32. The topological polar surface area (TPSA) is 80.0 Å². The molecule has 7 nitrogen and oxygen atoms in total. The van der Waals surface area contributed by atoms with Crippen molar-refractivity contribution < 1.29 is 32.7 Å². The number of methoxy groups -OCH3 is 1. The minimum Gasteiger partial charge on any atom is -0.492 e. The van der Waals surface area contributed by atoms with Crippen LogP contribution in [0.1, 0.15) is 47.2 Å². The van der Waals surface area contributed by atoms with Gasteiger partial charge in [0.15, 0.2) is 5.58 Å². The maximum atomic E-state index is 15.0. The zero-order valence-corrected chi connectivity index (χ0v) is 19.9. The normalized spacial score (nSPS) is 18.0. The van der Waals surface area contributed by atoms with Crippen LogP contribution in [0.3, 0.4) is 0 Å². The van der Waals surface area contributed by atoms with E-state index in [4.69, 9.17) is 23.5 Å². The first kappa shape index (κ1) is 22.4. The Morgan fingerprint density at radius 1 is 1.14 bits per heavy atom. The number of fused-ring (bicyclic) bond motifs is 3. The van der Waals surface area contributed by atoms with Gasteiger partial charge in [0, 0.05) is 34.1 Å². The van der Waals surface area contributed by atoms with Crippen LogP contribution in [0.25, 0.3) is 11.0 Å². The van der Waals surface area contributed by atoms with E-state index in [2.05, 4.69) is 5.16 Å². The van der Waals surface area contributed by atoms with Crippen molar-refractivity contribution in [2.45, 2.75) is 38.2 Å². The summed E-state index contributed by atoms with van der Waals surface area (Å²) in [5.74, 6) is 1.86. The smallest absolute Gasteiger partial charge is 0.306 e. The summed E-state index contributed by atoms with van der Waals surface area (Å²) >= 11 is 0. The Labute approximate surface area is 206 Å². The Bertz CT molecular complexity index is 1480. The van der Waals surface area contributed by atoms with Crippen molar-refractivity contribution in [1.29, 1.82) is 0 Å². The number of aryl methyl sites for hydroxylation is 1. The molecule has 0 bridgehead atoms. The number of ether oxygens (including phenoxy) is 4. The summed E-state index contributed by atoms with van der Waals surface area (Å²) in [7, 11) is 1.38. The molecule has 1 unspecified atom stereocenters. The van der Waals surface area contributed by atoms with Crippen LogP contribution in [-0.2, 0) is 16.0 Å². The Hall–Kier alpha value is -4.07. The molecule has 0 amide bonds. The molecule has 4 aromatic rings. The second-order valence-corrected chi connectivity index (χ2v) is 9.10. The lowest BCUT2D eigenvalue weighted by atomic mass is 9.98. The van der Waals surface area contributed by atoms with Crippen LogP contribution in [0.5, 0.6) is 23.0 Å². The standard InChI is InChI=1S/C28H24FNO6/c1-15-21-12-17(4-8-24(21)36-30-15)34-23-10-7-22(29)28-20(23)6-9-25(28)35-18-3-5-19-16(11-27(31)32-2)14-33-26(19)13-18/h3-5,7-8,10,12-13,16,25H,6,9,11,14H2,1-2H3/t16?,25-/m1/s1. The summed E-state index contributed by atoms with van der Waals surface area (Å²) in [4.78, 5) is 11.7. The van der Waals surface area contributed by atoms with Crippen molar-refractivity contribution in [3.8, 4) is 23.0 Å². The van der Waals surface area contributed by atoms with Gasteiger partial charge in [-0.1, -0.05) is 11.2 Å². The summed E-state index contributed by atoms with van der Waals surface area (Å²) in [6, 6.07) is 14.1. The van der Waals surface area contributed by atoms with Crippen LogP contribution >= 0.6 is 0 Å². The summed E-state index contributed by atoms with van der Waals surface area (Å²) in [6.45, 7) is 2.28. The summed E-state index contributed by atoms with van der Waals surface area (Å²) in [5.41, 5.74) is 3.73. The van der Waals surface area contributed by atoms with Gasteiger partial charge in [0.2, 0.25) is 0 Å². The molecular formula is C28H24FNO6. The van der Waals surface area contributed by atoms with Crippen LogP contribution in [-0.4, -0.2) is 24.8 Å². The molecule has 1 aromatic heterocycles. The lowest BCUT2D eigenvalue weighted by Gasteiger charge is -2.17. The predicted octanol–water partition coefficient (Wildman–Crippen LogP) is 6.17. The first-order valence-electron chi connectivity index (χ1n) is 11.9. The maximum absolute atomic E-state index is 15.0. The van der Waals surface area contributed by atoms with E-state index in [9.17, 15) is 9.18 Å². The third-order valence-electron chi connectivity index (χ3n) is 6.87. The third kappa shape index (κ3) is 3.92. The van der Waals surface area contributed by atoms with Gasteiger partial charge in [-0.2, -0.15) is 0 Å². The van der Waals surface area contributed by atoms with Crippen molar-refractivity contribution >= 4 is 16.9 Å². The van der Waals surface area contributed by atoms with E-state index >= 15 is 0 Å². The molecule has 0 spiro atoms. The number of carbonyl (C=O) groups is 1. The number of nitrogens with zero attached hydrogens (tertiary/aromatic N) is 1. The minimum absolute atomic E-state index is 0.0494. The summed E-state index contributed by atoms with van der Waals surface area (Å²) in [5, 5.41) is 4.85. The zero-order valence-electron chi connectivity index (χ0n) is 19.9. The van der Waals surface area contributed by atoms with Crippen molar-refractivity contribution in [2.75, 3.05) is 13.7 Å². The highest BCUT2D eigenvalue weighted by atomic mass is 19.1. The van der Waals surface area contributed by atoms with Crippen molar-refractivity contribution in [2.24, 2.45) is 0 Å². The van der Waals surface area contributed by atoms with Crippen molar-refractivity contribution in [1.82, 2.24) is 5.16 Å². The second kappa shape index (κ2) is 8.86. The molecule has 0 N–H and O–H groups in total. The fraction of sp³-hybridized carbons (Fsp3) is 0.286. The molecule has 8 heteroatoms. The van der Waals surface area contributed by atoms with Gasteiger partial charge in [0.1, 0.15) is 34.9 Å². The molecule has 36 heavy (non-hydrogen) atoms. The Kier molecular flexibility index (Phi) is 5.51. The van der Waals surface area contributed by atoms with Gasteiger partial charge >= 0.3 is 5.97 Å². The predicted molar refractivity (Wildman–Crippen MR) is 128 cm³/mol. The van der Waals surface area contributed by atoms with E-state index in [0.29, 0.717) is 53.6 Å². The SMILES string of the molecule is COC(=O)CC1COc2cc(O[C@@H]3CCc4c(Oc5ccc6onc(C)c6c5)ccc(F)c43)ccc21. The Balaban J connectivity index is 1.23. The van der Waals surface area contributed by atoms with Gasteiger partial charge in [0.25, 0.3) is 0 Å². The first-order valence-corrected chi connectivity index (χ1v) is 11.9. The number of esters is 1. The number of carbonyl (C=O) groups excluding carboxylic acids is 1. The highest BCUT2D eigenvalue weighted by molar-refractivity contribution is 5.80. The molecule has 6 rings (SSSR count). The second-order valence-electron chi connectivity index (χ2n) is 9.10. The molecular weight excluding hydrogens is 465 g/mol.